The molecule has 0 saturated carbocycles. The molecule has 122 valence electrons. The zero-order valence-electron chi connectivity index (χ0n) is 13.0. The average molecular weight is 309 g/mol. The molecule has 2 rings (SSSR count). The summed E-state index contributed by atoms with van der Waals surface area (Å²) in [5, 5.41) is 10.2. The van der Waals surface area contributed by atoms with Gasteiger partial charge in [-0.2, -0.15) is 0 Å². The normalized spacial score (nSPS) is 18.1. The molecule has 22 heavy (non-hydrogen) atoms. The summed E-state index contributed by atoms with van der Waals surface area (Å²) in [5.41, 5.74) is 0.732. The Kier molecular flexibility index (Phi) is 6.34. The lowest BCUT2D eigenvalue weighted by Gasteiger charge is -2.32. The summed E-state index contributed by atoms with van der Waals surface area (Å²) in [7, 11) is 0. The number of aliphatic hydroxyl groups excluding tert-OH is 1. The third kappa shape index (κ3) is 5.07. The van der Waals surface area contributed by atoms with Gasteiger partial charge in [0.25, 0.3) is 0 Å². The van der Waals surface area contributed by atoms with E-state index in [9.17, 15) is 14.3 Å². The highest BCUT2D eigenvalue weighted by molar-refractivity contribution is 5.69. The van der Waals surface area contributed by atoms with Crippen LogP contribution in [-0.4, -0.2) is 42.2 Å². The lowest BCUT2D eigenvalue weighted by molar-refractivity contribution is -0.144. The minimum absolute atomic E-state index is 0.118. The van der Waals surface area contributed by atoms with Gasteiger partial charge in [0.1, 0.15) is 5.82 Å². The fourth-order valence-electron chi connectivity index (χ4n) is 2.86. The Morgan fingerprint density at radius 1 is 1.36 bits per heavy atom. The van der Waals surface area contributed by atoms with Crippen molar-refractivity contribution in [3.8, 4) is 0 Å². The Balaban J connectivity index is 1.75. The van der Waals surface area contributed by atoms with Gasteiger partial charge in [-0.15, -0.1) is 0 Å². The number of rotatable bonds is 6. The number of halogens is 1. The molecule has 0 radical (unpaired) electrons. The maximum Gasteiger partial charge on any atom is 0.306 e. The topological polar surface area (TPSA) is 49.8 Å². The number of β-amino-alcohol motifs (C(OH)–C–C–N with tert-alkyl or cyclic N) is 1. The first kappa shape index (κ1) is 16.9. The molecule has 1 N–H and O–H groups in total. The van der Waals surface area contributed by atoms with E-state index in [1.165, 1.54) is 12.1 Å². The molecule has 0 bridgehead atoms. The first-order chi connectivity index (χ1) is 10.6. The number of hydrogen-bond donors (Lipinski definition) is 1. The molecule has 1 unspecified atom stereocenters. The van der Waals surface area contributed by atoms with Crippen LogP contribution in [0.5, 0.6) is 0 Å². The number of likely N-dealkylation sites (tertiary alicyclic amines) is 1. The predicted octanol–water partition coefficient (Wildman–Crippen LogP) is 2.52. The number of esters is 1. The van der Waals surface area contributed by atoms with Gasteiger partial charge in [-0.1, -0.05) is 12.1 Å². The van der Waals surface area contributed by atoms with Gasteiger partial charge in [0.2, 0.25) is 0 Å². The SMILES string of the molecule is CCOC(=O)CC1CCN(CC(O)c2ccc(F)cc2)CC1. The summed E-state index contributed by atoms with van der Waals surface area (Å²) in [6, 6.07) is 5.97. The lowest BCUT2D eigenvalue weighted by atomic mass is 9.93. The van der Waals surface area contributed by atoms with Crippen LogP contribution in [0.25, 0.3) is 0 Å². The monoisotopic (exact) mass is 309 g/mol. The summed E-state index contributed by atoms with van der Waals surface area (Å²) in [6.07, 6.45) is 1.76. The highest BCUT2D eigenvalue weighted by Crippen LogP contribution is 2.23. The first-order valence-electron chi connectivity index (χ1n) is 7.90. The molecular formula is C17H24FNO3. The number of benzene rings is 1. The number of ether oxygens (including phenoxy) is 1. The quantitative estimate of drug-likeness (QED) is 0.820. The highest BCUT2D eigenvalue weighted by atomic mass is 19.1. The molecule has 0 amide bonds. The summed E-state index contributed by atoms with van der Waals surface area (Å²) in [6.45, 7) is 4.52. The van der Waals surface area contributed by atoms with E-state index in [-0.39, 0.29) is 11.8 Å². The van der Waals surface area contributed by atoms with Gasteiger partial charge in [0, 0.05) is 13.0 Å². The third-order valence-electron chi connectivity index (χ3n) is 4.15. The van der Waals surface area contributed by atoms with Gasteiger partial charge < -0.3 is 14.7 Å². The van der Waals surface area contributed by atoms with E-state index >= 15 is 0 Å². The fraction of sp³-hybridized carbons (Fsp3) is 0.588. The molecule has 1 aliphatic heterocycles. The number of hydrogen-bond acceptors (Lipinski definition) is 4. The van der Waals surface area contributed by atoms with Crippen LogP contribution in [0.15, 0.2) is 24.3 Å². The Morgan fingerprint density at radius 3 is 2.59 bits per heavy atom. The molecule has 1 heterocycles. The molecule has 1 aromatic rings. The van der Waals surface area contributed by atoms with Crippen LogP contribution in [0.4, 0.5) is 4.39 Å². The van der Waals surface area contributed by atoms with E-state index in [2.05, 4.69) is 4.90 Å². The number of piperidine rings is 1. The number of aliphatic hydroxyl groups is 1. The zero-order valence-corrected chi connectivity index (χ0v) is 13.0. The van der Waals surface area contributed by atoms with E-state index < -0.39 is 6.10 Å². The van der Waals surface area contributed by atoms with E-state index in [1.807, 2.05) is 6.92 Å². The Morgan fingerprint density at radius 2 is 2.00 bits per heavy atom. The second-order valence-electron chi connectivity index (χ2n) is 5.82. The standard InChI is InChI=1S/C17H24FNO3/c1-2-22-17(21)11-13-7-9-19(10-8-13)12-16(20)14-3-5-15(18)6-4-14/h3-6,13,16,20H,2,7-12H2,1H3. The number of carbonyl (C=O) groups is 1. The van der Waals surface area contributed by atoms with E-state index in [1.54, 1.807) is 12.1 Å². The molecular weight excluding hydrogens is 285 g/mol. The summed E-state index contributed by atoms with van der Waals surface area (Å²) < 4.78 is 17.9. The molecule has 1 atom stereocenters. The van der Waals surface area contributed by atoms with Gasteiger partial charge in [0.05, 0.1) is 12.7 Å². The fourth-order valence-corrected chi connectivity index (χ4v) is 2.86. The highest BCUT2D eigenvalue weighted by Gasteiger charge is 2.23. The molecule has 5 heteroatoms. The second-order valence-corrected chi connectivity index (χ2v) is 5.82. The van der Waals surface area contributed by atoms with E-state index in [0.29, 0.717) is 25.5 Å². The molecule has 0 aliphatic carbocycles. The lowest BCUT2D eigenvalue weighted by Crippen LogP contribution is -2.37. The van der Waals surface area contributed by atoms with Gasteiger partial charge in [-0.05, 0) is 56.5 Å². The minimum Gasteiger partial charge on any atom is -0.466 e. The van der Waals surface area contributed by atoms with Crippen LogP contribution in [0.2, 0.25) is 0 Å². The third-order valence-corrected chi connectivity index (χ3v) is 4.15. The van der Waals surface area contributed by atoms with Gasteiger partial charge >= 0.3 is 5.97 Å². The van der Waals surface area contributed by atoms with Crippen molar-refractivity contribution < 1.29 is 19.0 Å². The van der Waals surface area contributed by atoms with Gasteiger partial charge in [-0.3, -0.25) is 4.79 Å². The molecule has 1 aliphatic rings. The van der Waals surface area contributed by atoms with Crippen LogP contribution >= 0.6 is 0 Å². The first-order valence-corrected chi connectivity index (χ1v) is 7.90. The molecule has 1 fully saturated rings. The van der Waals surface area contributed by atoms with Crippen molar-refractivity contribution >= 4 is 5.97 Å². The Bertz CT molecular complexity index is 469. The Hall–Kier alpha value is -1.46. The summed E-state index contributed by atoms with van der Waals surface area (Å²) in [5.74, 6) is -0.0405. The smallest absolute Gasteiger partial charge is 0.306 e. The van der Waals surface area contributed by atoms with Crippen LogP contribution in [0.3, 0.4) is 0 Å². The maximum atomic E-state index is 12.9. The number of nitrogens with zero attached hydrogens (tertiary/aromatic N) is 1. The van der Waals surface area contributed by atoms with Crippen molar-refractivity contribution in [3.05, 3.63) is 35.6 Å². The summed E-state index contributed by atoms with van der Waals surface area (Å²) >= 11 is 0. The van der Waals surface area contributed by atoms with E-state index in [4.69, 9.17) is 4.74 Å². The molecule has 1 aromatic carbocycles. The van der Waals surface area contributed by atoms with Crippen molar-refractivity contribution in [3.63, 3.8) is 0 Å². The van der Waals surface area contributed by atoms with Crippen LogP contribution in [0, 0.1) is 11.7 Å². The van der Waals surface area contributed by atoms with Crippen LogP contribution < -0.4 is 0 Å². The van der Waals surface area contributed by atoms with Crippen molar-refractivity contribution in [2.24, 2.45) is 5.92 Å². The van der Waals surface area contributed by atoms with Gasteiger partial charge in [-0.25, -0.2) is 4.39 Å². The largest absolute Gasteiger partial charge is 0.466 e. The maximum absolute atomic E-state index is 12.9. The second kappa shape index (κ2) is 8.25. The molecule has 0 spiro atoms. The zero-order chi connectivity index (χ0) is 15.9. The molecule has 1 saturated heterocycles. The summed E-state index contributed by atoms with van der Waals surface area (Å²) in [4.78, 5) is 13.7. The minimum atomic E-state index is -0.609. The van der Waals surface area contributed by atoms with Gasteiger partial charge in [0.15, 0.2) is 0 Å². The van der Waals surface area contributed by atoms with Crippen molar-refractivity contribution in [2.75, 3.05) is 26.2 Å². The number of carbonyl (C=O) groups excluding carboxylic acids is 1. The van der Waals surface area contributed by atoms with Crippen LogP contribution in [-0.2, 0) is 9.53 Å². The Labute approximate surface area is 130 Å². The average Bonchev–Trinajstić information content (AvgIpc) is 2.50. The van der Waals surface area contributed by atoms with Crippen molar-refractivity contribution in [2.45, 2.75) is 32.3 Å². The predicted molar refractivity (Wildman–Crippen MR) is 81.8 cm³/mol. The van der Waals surface area contributed by atoms with E-state index in [0.717, 1.165) is 31.5 Å². The molecule has 4 nitrogen and oxygen atoms in total. The molecule has 0 aromatic heterocycles. The van der Waals surface area contributed by atoms with Crippen LogP contribution in [0.1, 0.15) is 37.9 Å². The van der Waals surface area contributed by atoms with Crippen molar-refractivity contribution in [1.82, 2.24) is 4.90 Å². The van der Waals surface area contributed by atoms with Crippen molar-refractivity contribution in [1.29, 1.82) is 0 Å².